The molecule has 25 heavy (non-hydrogen) atoms. The van der Waals surface area contributed by atoms with E-state index < -0.39 is 0 Å². The Bertz CT molecular complexity index is 848. The van der Waals surface area contributed by atoms with Gasteiger partial charge in [0.05, 0.1) is 13.2 Å². The minimum Gasteiger partial charge on any atom is -0.367 e. The molecule has 2 aromatic heterocycles. The van der Waals surface area contributed by atoms with Crippen LogP contribution in [0.4, 0.5) is 5.13 Å². The van der Waals surface area contributed by atoms with Crippen LogP contribution >= 0.6 is 34.3 Å². The Morgan fingerprint density at radius 1 is 1.28 bits per heavy atom. The van der Waals surface area contributed by atoms with Crippen molar-refractivity contribution < 1.29 is 4.74 Å². The van der Waals surface area contributed by atoms with Gasteiger partial charge < -0.3 is 9.64 Å². The third kappa shape index (κ3) is 4.00. The molecule has 1 atom stereocenters. The lowest BCUT2D eigenvalue weighted by Gasteiger charge is -2.31. The fraction of sp³-hybridized carbons (Fsp3) is 0.353. The van der Waals surface area contributed by atoms with Gasteiger partial charge in [-0.05, 0) is 24.6 Å². The molecule has 5 nitrogen and oxygen atoms in total. The first-order valence-corrected chi connectivity index (χ1v) is 10.1. The van der Waals surface area contributed by atoms with Gasteiger partial charge in [-0.15, -0.1) is 21.5 Å². The summed E-state index contributed by atoms with van der Waals surface area (Å²) in [5.74, 6) is 0. The summed E-state index contributed by atoms with van der Waals surface area (Å²) in [6, 6.07) is 7.86. The van der Waals surface area contributed by atoms with Crippen molar-refractivity contribution in [2.75, 3.05) is 24.6 Å². The van der Waals surface area contributed by atoms with E-state index in [1.807, 2.05) is 31.2 Å². The monoisotopic (exact) mass is 392 g/mol. The first-order chi connectivity index (χ1) is 12.2. The second kappa shape index (κ2) is 7.37. The van der Waals surface area contributed by atoms with Gasteiger partial charge >= 0.3 is 0 Å². The number of anilines is 1. The summed E-state index contributed by atoms with van der Waals surface area (Å²) in [6.45, 7) is 4.28. The summed E-state index contributed by atoms with van der Waals surface area (Å²) in [6.07, 6.45) is 0.782. The van der Waals surface area contributed by atoms with Crippen molar-refractivity contribution in [2.45, 2.75) is 19.4 Å². The van der Waals surface area contributed by atoms with E-state index in [-0.39, 0.29) is 6.10 Å². The number of ether oxygens (including phenoxy) is 1. The van der Waals surface area contributed by atoms with Crippen LogP contribution in [0.3, 0.4) is 0 Å². The lowest BCUT2D eigenvalue weighted by Crippen LogP contribution is -2.38. The van der Waals surface area contributed by atoms with E-state index >= 15 is 0 Å². The van der Waals surface area contributed by atoms with Crippen LogP contribution in [0.5, 0.6) is 0 Å². The Morgan fingerprint density at radius 3 is 2.88 bits per heavy atom. The van der Waals surface area contributed by atoms with E-state index in [4.69, 9.17) is 16.3 Å². The minimum absolute atomic E-state index is 0.0102. The van der Waals surface area contributed by atoms with Gasteiger partial charge in [0.25, 0.3) is 0 Å². The predicted molar refractivity (Wildman–Crippen MR) is 102 cm³/mol. The molecule has 1 aliphatic rings. The zero-order chi connectivity index (χ0) is 17.2. The predicted octanol–water partition coefficient (Wildman–Crippen LogP) is 4.13. The highest BCUT2D eigenvalue weighted by Gasteiger charge is 2.26. The molecule has 130 valence electrons. The molecule has 0 spiro atoms. The van der Waals surface area contributed by atoms with Crippen LogP contribution in [-0.4, -0.2) is 34.9 Å². The van der Waals surface area contributed by atoms with Gasteiger partial charge in [-0.2, -0.15) is 0 Å². The van der Waals surface area contributed by atoms with Crippen LogP contribution < -0.4 is 4.90 Å². The lowest BCUT2D eigenvalue weighted by atomic mass is 10.2. The number of hydrogen-bond donors (Lipinski definition) is 0. The van der Waals surface area contributed by atoms with Crippen LogP contribution in [-0.2, 0) is 11.2 Å². The number of rotatable bonds is 4. The van der Waals surface area contributed by atoms with Crippen molar-refractivity contribution in [1.82, 2.24) is 15.2 Å². The molecule has 1 saturated heterocycles. The highest BCUT2D eigenvalue weighted by Crippen LogP contribution is 2.30. The number of nitrogens with zero attached hydrogens (tertiary/aromatic N) is 4. The first-order valence-electron chi connectivity index (χ1n) is 8.03. The molecular weight excluding hydrogens is 376 g/mol. The maximum absolute atomic E-state index is 5.94. The minimum atomic E-state index is 0.0102. The van der Waals surface area contributed by atoms with E-state index in [9.17, 15) is 0 Å². The van der Waals surface area contributed by atoms with Crippen molar-refractivity contribution in [2.24, 2.45) is 0 Å². The zero-order valence-electron chi connectivity index (χ0n) is 13.7. The molecule has 0 radical (unpaired) electrons. The number of benzene rings is 1. The molecule has 0 N–H and O–H groups in total. The smallest absolute Gasteiger partial charge is 0.208 e. The number of morpholine rings is 1. The van der Waals surface area contributed by atoms with Gasteiger partial charge in [0.15, 0.2) is 0 Å². The molecule has 3 heterocycles. The molecule has 1 unspecified atom stereocenters. The zero-order valence-corrected chi connectivity index (χ0v) is 16.1. The molecule has 8 heteroatoms. The SMILES string of the molecule is Cc1csc(C2CN(c3nnc(Cc4ccc(Cl)cc4)s3)CCO2)n1. The summed E-state index contributed by atoms with van der Waals surface area (Å²) in [5.41, 5.74) is 2.23. The number of aromatic nitrogens is 3. The highest BCUT2D eigenvalue weighted by atomic mass is 35.5. The third-order valence-electron chi connectivity index (χ3n) is 3.97. The Kier molecular flexibility index (Phi) is 4.98. The maximum atomic E-state index is 5.94. The Balaban J connectivity index is 1.45. The van der Waals surface area contributed by atoms with Crippen LogP contribution in [0.2, 0.25) is 5.02 Å². The normalized spacial score (nSPS) is 17.8. The quantitative estimate of drug-likeness (QED) is 0.668. The Morgan fingerprint density at radius 2 is 2.12 bits per heavy atom. The van der Waals surface area contributed by atoms with E-state index in [0.717, 1.165) is 45.4 Å². The molecule has 1 aliphatic heterocycles. The molecule has 0 aliphatic carbocycles. The largest absolute Gasteiger partial charge is 0.367 e. The molecule has 3 aromatic rings. The summed E-state index contributed by atoms with van der Waals surface area (Å²) in [7, 11) is 0. The average Bonchev–Trinajstić information content (AvgIpc) is 3.26. The van der Waals surface area contributed by atoms with E-state index in [1.54, 1.807) is 22.7 Å². The van der Waals surface area contributed by atoms with E-state index in [0.29, 0.717) is 6.61 Å². The fourth-order valence-corrected chi connectivity index (χ4v) is 4.58. The number of thiazole rings is 1. The van der Waals surface area contributed by atoms with Gasteiger partial charge in [0, 0.05) is 29.1 Å². The Labute approximate surface area is 159 Å². The van der Waals surface area contributed by atoms with Crippen LogP contribution in [0, 0.1) is 6.92 Å². The van der Waals surface area contributed by atoms with E-state index in [1.165, 1.54) is 5.56 Å². The van der Waals surface area contributed by atoms with Gasteiger partial charge in [-0.1, -0.05) is 35.1 Å². The van der Waals surface area contributed by atoms with Crippen LogP contribution in [0.15, 0.2) is 29.6 Å². The number of hydrogen-bond acceptors (Lipinski definition) is 7. The number of halogens is 1. The number of aryl methyl sites for hydroxylation is 1. The molecule has 1 aromatic carbocycles. The summed E-state index contributed by atoms with van der Waals surface area (Å²) in [4.78, 5) is 6.80. The molecule has 4 rings (SSSR count). The molecular formula is C17H17ClN4OS2. The van der Waals surface area contributed by atoms with Crippen molar-refractivity contribution in [1.29, 1.82) is 0 Å². The summed E-state index contributed by atoms with van der Waals surface area (Å²) >= 11 is 9.23. The fourth-order valence-electron chi connectivity index (χ4n) is 2.71. The van der Waals surface area contributed by atoms with E-state index in [2.05, 4.69) is 25.5 Å². The molecule has 0 saturated carbocycles. The van der Waals surface area contributed by atoms with Crippen LogP contribution in [0.25, 0.3) is 0 Å². The summed E-state index contributed by atoms with van der Waals surface area (Å²) in [5, 5.41) is 14.5. The second-order valence-electron chi connectivity index (χ2n) is 5.91. The third-order valence-corrected chi connectivity index (χ3v) is 6.26. The van der Waals surface area contributed by atoms with Gasteiger partial charge in [0.2, 0.25) is 5.13 Å². The second-order valence-corrected chi connectivity index (χ2v) is 8.28. The molecule has 0 bridgehead atoms. The maximum Gasteiger partial charge on any atom is 0.208 e. The van der Waals surface area contributed by atoms with Crippen molar-refractivity contribution in [3.05, 3.63) is 55.9 Å². The molecule has 1 fully saturated rings. The van der Waals surface area contributed by atoms with Crippen molar-refractivity contribution in [3.63, 3.8) is 0 Å². The van der Waals surface area contributed by atoms with Gasteiger partial charge in [-0.25, -0.2) is 4.98 Å². The van der Waals surface area contributed by atoms with Crippen molar-refractivity contribution >= 4 is 39.4 Å². The standard InChI is InChI=1S/C17H17ClN4OS2/c1-11-10-24-16(19-11)14-9-22(6-7-23-14)17-21-20-15(25-17)8-12-2-4-13(18)5-3-12/h2-5,10,14H,6-9H2,1H3. The van der Waals surface area contributed by atoms with Crippen LogP contribution in [0.1, 0.15) is 27.4 Å². The molecule has 0 amide bonds. The van der Waals surface area contributed by atoms with Gasteiger partial charge in [0.1, 0.15) is 16.1 Å². The van der Waals surface area contributed by atoms with Gasteiger partial charge in [-0.3, -0.25) is 0 Å². The Hall–Kier alpha value is -1.54. The van der Waals surface area contributed by atoms with Crippen molar-refractivity contribution in [3.8, 4) is 0 Å². The average molecular weight is 393 g/mol. The summed E-state index contributed by atoms with van der Waals surface area (Å²) < 4.78 is 5.89. The topological polar surface area (TPSA) is 51.1 Å². The lowest BCUT2D eigenvalue weighted by molar-refractivity contribution is 0.0395. The highest BCUT2D eigenvalue weighted by molar-refractivity contribution is 7.15. The first kappa shape index (κ1) is 16.9.